The molecule has 0 aromatic heterocycles. The van der Waals surface area contributed by atoms with E-state index >= 15 is 0 Å². The molecule has 0 aliphatic heterocycles. The molecule has 3 aromatic carbocycles. The van der Waals surface area contributed by atoms with Crippen molar-refractivity contribution in [2.45, 2.75) is 26.6 Å². The molecule has 0 spiro atoms. The highest BCUT2D eigenvalue weighted by molar-refractivity contribution is 5.98. The van der Waals surface area contributed by atoms with Crippen molar-refractivity contribution in [2.24, 2.45) is 0 Å². The molecule has 0 aliphatic carbocycles. The highest BCUT2D eigenvalue weighted by Gasteiger charge is 2.26. The molecule has 1 N–H and O–H groups in total. The molecule has 3 rings (SSSR count). The average molecular weight is 403 g/mol. The Hall–Kier alpha value is -3.44. The molecule has 30 heavy (non-hydrogen) atoms. The van der Waals surface area contributed by atoms with Crippen LogP contribution in [-0.2, 0) is 20.9 Å². The summed E-state index contributed by atoms with van der Waals surface area (Å²) >= 11 is 0. The second kappa shape index (κ2) is 9.85. The maximum atomic E-state index is 13.1. The zero-order valence-electron chi connectivity index (χ0n) is 17.3. The predicted octanol–water partition coefficient (Wildman–Crippen LogP) is 4.99. The normalized spacial score (nSPS) is 11.6. The van der Waals surface area contributed by atoms with Gasteiger partial charge < -0.3 is 14.8 Å². The van der Waals surface area contributed by atoms with Gasteiger partial charge in [-0.05, 0) is 48.7 Å². The van der Waals surface area contributed by atoms with Crippen LogP contribution in [-0.4, -0.2) is 19.0 Å². The van der Waals surface area contributed by atoms with Gasteiger partial charge in [0.1, 0.15) is 0 Å². The number of benzene rings is 3. The number of aryl methyl sites for hydroxylation is 2. The molecule has 5 heteroatoms. The molecule has 0 heterocycles. The first-order valence-electron chi connectivity index (χ1n) is 9.70. The lowest BCUT2D eigenvalue weighted by Gasteiger charge is -2.19. The molecular formula is C25H25NO4. The van der Waals surface area contributed by atoms with E-state index < -0.39 is 18.0 Å². The molecule has 0 saturated heterocycles. The summed E-state index contributed by atoms with van der Waals surface area (Å²) in [5.74, 6) is -0.969. The Balaban J connectivity index is 1.83. The number of methoxy groups -OCH3 is 1. The second-order valence-electron chi connectivity index (χ2n) is 7.13. The Kier molecular flexibility index (Phi) is 6.99. The van der Waals surface area contributed by atoms with Gasteiger partial charge in [0.25, 0.3) is 5.91 Å². The molecule has 1 atom stereocenters. The van der Waals surface area contributed by atoms with Gasteiger partial charge >= 0.3 is 5.97 Å². The molecule has 3 aromatic rings. The van der Waals surface area contributed by atoms with Crippen LogP contribution in [0, 0.1) is 13.8 Å². The van der Waals surface area contributed by atoms with Gasteiger partial charge in [-0.15, -0.1) is 0 Å². The summed E-state index contributed by atoms with van der Waals surface area (Å²) in [7, 11) is 1.61. The summed E-state index contributed by atoms with van der Waals surface area (Å²) in [6.07, 6.45) is -1.07. The fourth-order valence-corrected chi connectivity index (χ4v) is 3.05. The zero-order valence-corrected chi connectivity index (χ0v) is 17.3. The first-order valence-corrected chi connectivity index (χ1v) is 9.70. The van der Waals surface area contributed by atoms with E-state index in [2.05, 4.69) is 5.32 Å². The Bertz CT molecular complexity index is 1010. The molecular weight excluding hydrogens is 378 g/mol. The number of rotatable bonds is 7. The van der Waals surface area contributed by atoms with Crippen LogP contribution in [0.15, 0.2) is 72.8 Å². The Morgan fingerprint density at radius 3 is 2.30 bits per heavy atom. The van der Waals surface area contributed by atoms with E-state index in [-0.39, 0.29) is 0 Å². The standard InChI is InChI=1S/C25H25NO4/c1-17-9-10-18(2)22(15-17)26-24(27)23(20-7-5-4-6-8-20)30-25(28)21-13-11-19(12-14-21)16-29-3/h4-15,23H,16H2,1-3H3,(H,26,27). The molecule has 1 unspecified atom stereocenters. The molecule has 5 nitrogen and oxygen atoms in total. The van der Waals surface area contributed by atoms with Gasteiger partial charge in [0.15, 0.2) is 0 Å². The van der Waals surface area contributed by atoms with Crippen LogP contribution >= 0.6 is 0 Å². The van der Waals surface area contributed by atoms with Gasteiger partial charge in [-0.2, -0.15) is 0 Å². The molecule has 0 radical (unpaired) electrons. The largest absolute Gasteiger partial charge is 0.444 e. The number of carbonyl (C=O) groups excluding carboxylic acids is 2. The maximum Gasteiger partial charge on any atom is 0.339 e. The lowest BCUT2D eigenvalue weighted by Crippen LogP contribution is -2.26. The number of esters is 1. The Morgan fingerprint density at radius 2 is 1.63 bits per heavy atom. The summed E-state index contributed by atoms with van der Waals surface area (Å²) < 4.78 is 10.7. The van der Waals surface area contributed by atoms with Crippen molar-refractivity contribution in [3.63, 3.8) is 0 Å². The predicted molar refractivity (Wildman–Crippen MR) is 116 cm³/mol. The minimum atomic E-state index is -1.07. The Labute approximate surface area is 176 Å². The Morgan fingerprint density at radius 1 is 0.933 bits per heavy atom. The number of anilines is 1. The van der Waals surface area contributed by atoms with Gasteiger partial charge in [-0.25, -0.2) is 4.79 Å². The average Bonchev–Trinajstić information content (AvgIpc) is 2.75. The van der Waals surface area contributed by atoms with Crippen LogP contribution in [0.3, 0.4) is 0 Å². The van der Waals surface area contributed by atoms with Gasteiger partial charge in [-0.1, -0.05) is 54.6 Å². The summed E-state index contributed by atoms with van der Waals surface area (Å²) in [6.45, 7) is 4.33. The fourth-order valence-electron chi connectivity index (χ4n) is 3.05. The van der Waals surface area contributed by atoms with Crippen molar-refractivity contribution >= 4 is 17.6 Å². The van der Waals surface area contributed by atoms with Crippen LogP contribution in [0.2, 0.25) is 0 Å². The second-order valence-corrected chi connectivity index (χ2v) is 7.13. The maximum absolute atomic E-state index is 13.1. The highest BCUT2D eigenvalue weighted by atomic mass is 16.5. The van der Waals surface area contributed by atoms with E-state index in [0.717, 1.165) is 16.7 Å². The summed E-state index contributed by atoms with van der Waals surface area (Å²) in [5, 5.41) is 2.90. The first-order chi connectivity index (χ1) is 14.5. The first kappa shape index (κ1) is 21.3. The van der Waals surface area contributed by atoms with Crippen molar-refractivity contribution in [2.75, 3.05) is 12.4 Å². The SMILES string of the molecule is COCc1ccc(C(=O)OC(C(=O)Nc2cc(C)ccc2C)c2ccccc2)cc1. The van der Waals surface area contributed by atoms with E-state index in [4.69, 9.17) is 9.47 Å². The summed E-state index contributed by atoms with van der Waals surface area (Å²) in [6, 6.07) is 21.7. The monoisotopic (exact) mass is 403 g/mol. The van der Waals surface area contributed by atoms with Gasteiger partial charge in [0, 0.05) is 18.4 Å². The summed E-state index contributed by atoms with van der Waals surface area (Å²) in [4.78, 5) is 25.8. The lowest BCUT2D eigenvalue weighted by molar-refractivity contribution is -0.125. The number of hydrogen-bond acceptors (Lipinski definition) is 4. The molecule has 1 amide bonds. The number of nitrogens with one attached hydrogen (secondary N) is 1. The van der Waals surface area contributed by atoms with E-state index in [9.17, 15) is 9.59 Å². The van der Waals surface area contributed by atoms with Crippen molar-refractivity contribution < 1.29 is 19.1 Å². The number of amides is 1. The van der Waals surface area contributed by atoms with Gasteiger partial charge in [0.05, 0.1) is 12.2 Å². The quantitative estimate of drug-likeness (QED) is 0.565. The molecule has 0 saturated carbocycles. The minimum absolute atomic E-state index is 0.371. The minimum Gasteiger partial charge on any atom is -0.444 e. The molecule has 0 aliphatic rings. The van der Waals surface area contributed by atoms with Crippen molar-refractivity contribution in [1.29, 1.82) is 0 Å². The third-order valence-corrected chi connectivity index (χ3v) is 4.72. The van der Waals surface area contributed by atoms with Crippen LogP contribution in [0.1, 0.15) is 38.7 Å². The van der Waals surface area contributed by atoms with Crippen molar-refractivity contribution in [3.8, 4) is 0 Å². The van der Waals surface area contributed by atoms with Gasteiger partial charge in [-0.3, -0.25) is 4.79 Å². The number of carbonyl (C=O) groups is 2. The van der Waals surface area contributed by atoms with Crippen LogP contribution in [0.25, 0.3) is 0 Å². The van der Waals surface area contributed by atoms with Crippen LogP contribution in [0.4, 0.5) is 5.69 Å². The molecule has 0 bridgehead atoms. The fraction of sp³-hybridized carbons (Fsp3) is 0.200. The van der Waals surface area contributed by atoms with E-state index in [0.29, 0.717) is 23.4 Å². The lowest BCUT2D eigenvalue weighted by atomic mass is 10.1. The molecule has 0 fully saturated rings. The number of ether oxygens (including phenoxy) is 2. The number of hydrogen-bond donors (Lipinski definition) is 1. The van der Waals surface area contributed by atoms with E-state index in [1.54, 1.807) is 55.6 Å². The van der Waals surface area contributed by atoms with Crippen LogP contribution in [0.5, 0.6) is 0 Å². The summed E-state index contributed by atoms with van der Waals surface area (Å²) in [5.41, 5.74) is 4.57. The van der Waals surface area contributed by atoms with E-state index in [1.807, 2.05) is 38.1 Å². The van der Waals surface area contributed by atoms with Crippen LogP contribution < -0.4 is 5.32 Å². The van der Waals surface area contributed by atoms with Crippen molar-refractivity contribution in [1.82, 2.24) is 0 Å². The van der Waals surface area contributed by atoms with Crippen molar-refractivity contribution in [3.05, 3.63) is 101 Å². The molecule has 154 valence electrons. The van der Waals surface area contributed by atoms with E-state index in [1.165, 1.54) is 0 Å². The van der Waals surface area contributed by atoms with Gasteiger partial charge in [0.2, 0.25) is 6.10 Å². The highest BCUT2D eigenvalue weighted by Crippen LogP contribution is 2.24. The zero-order chi connectivity index (χ0) is 21.5. The third kappa shape index (κ3) is 5.33. The topological polar surface area (TPSA) is 64.6 Å². The smallest absolute Gasteiger partial charge is 0.339 e. The third-order valence-electron chi connectivity index (χ3n) is 4.72.